The molecule has 0 aliphatic carbocycles. The smallest absolute Gasteiger partial charge is 0.191 e. The number of rotatable bonds is 8. The molecule has 0 saturated carbocycles. The quantitative estimate of drug-likeness (QED) is 0.557. The summed E-state index contributed by atoms with van der Waals surface area (Å²) in [5, 5.41) is 6.77. The lowest BCUT2D eigenvalue weighted by Crippen LogP contribution is -2.46. The van der Waals surface area contributed by atoms with Crippen LogP contribution >= 0.6 is 0 Å². The van der Waals surface area contributed by atoms with E-state index in [1.807, 2.05) is 31.2 Å². The summed E-state index contributed by atoms with van der Waals surface area (Å²) in [4.78, 5) is 6.83. The molecule has 1 aliphatic heterocycles. The lowest BCUT2D eigenvalue weighted by Gasteiger charge is -2.24. The van der Waals surface area contributed by atoms with Gasteiger partial charge in [-0.3, -0.25) is 9.89 Å². The van der Waals surface area contributed by atoms with E-state index in [-0.39, 0.29) is 6.10 Å². The third-order valence-electron chi connectivity index (χ3n) is 4.59. The Morgan fingerprint density at radius 1 is 1.32 bits per heavy atom. The first-order chi connectivity index (χ1) is 12.2. The Kier molecular flexibility index (Phi) is 7.85. The number of nitrogens with zero attached hydrogens (tertiary/aromatic N) is 2. The lowest BCUT2D eigenvalue weighted by atomic mass is 10.2. The zero-order valence-corrected chi connectivity index (χ0v) is 15.9. The van der Waals surface area contributed by atoms with Crippen LogP contribution in [-0.2, 0) is 0 Å². The maximum Gasteiger partial charge on any atom is 0.191 e. The number of hydrogen-bond acceptors (Lipinski definition) is 4. The van der Waals surface area contributed by atoms with Gasteiger partial charge in [0, 0.05) is 19.6 Å². The standard InChI is InChI=1S/C19H32N4O2/c1-5-23-12-8-9-16(23)14-22-19(20-3)21-13-15(2)25-18-11-7-6-10-17(18)24-4/h6-7,10-11,15-16H,5,8-9,12-14H2,1-4H3,(H2,20,21,22). The van der Waals surface area contributed by atoms with Gasteiger partial charge in [-0.1, -0.05) is 19.1 Å². The van der Waals surface area contributed by atoms with Crippen LogP contribution in [0.1, 0.15) is 26.7 Å². The largest absolute Gasteiger partial charge is 0.493 e. The second-order valence-corrected chi connectivity index (χ2v) is 6.34. The predicted molar refractivity (Wildman–Crippen MR) is 103 cm³/mol. The Morgan fingerprint density at radius 3 is 2.76 bits per heavy atom. The van der Waals surface area contributed by atoms with Gasteiger partial charge in [0.2, 0.25) is 0 Å². The first-order valence-electron chi connectivity index (χ1n) is 9.16. The number of aliphatic imine (C=N–C) groups is 1. The minimum absolute atomic E-state index is 0.00605. The van der Waals surface area contributed by atoms with Crippen molar-refractivity contribution in [3.63, 3.8) is 0 Å². The average Bonchev–Trinajstić information content (AvgIpc) is 3.10. The van der Waals surface area contributed by atoms with Crippen molar-refractivity contribution < 1.29 is 9.47 Å². The number of para-hydroxylation sites is 2. The normalized spacial score (nSPS) is 19.5. The Bertz CT molecular complexity index is 550. The number of nitrogens with one attached hydrogen (secondary N) is 2. The summed E-state index contributed by atoms with van der Waals surface area (Å²) in [6, 6.07) is 8.30. The number of benzene rings is 1. The Balaban J connectivity index is 1.76. The molecular weight excluding hydrogens is 316 g/mol. The molecule has 6 nitrogen and oxygen atoms in total. The molecular formula is C19H32N4O2. The van der Waals surface area contributed by atoms with Crippen molar-refractivity contribution in [3.05, 3.63) is 24.3 Å². The van der Waals surface area contributed by atoms with Crippen molar-refractivity contribution in [2.24, 2.45) is 4.99 Å². The third kappa shape index (κ3) is 5.81. The van der Waals surface area contributed by atoms with Gasteiger partial charge in [0.1, 0.15) is 6.10 Å². The highest BCUT2D eigenvalue weighted by Gasteiger charge is 2.22. The van der Waals surface area contributed by atoms with Gasteiger partial charge in [0.25, 0.3) is 0 Å². The molecule has 2 rings (SSSR count). The zero-order valence-electron chi connectivity index (χ0n) is 15.9. The van der Waals surface area contributed by atoms with E-state index in [0.29, 0.717) is 12.6 Å². The van der Waals surface area contributed by atoms with Crippen LogP contribution in [0.15, 0.2) is 29.3 Å². The molecule has 0 radical (unpaired) electrons. The Labute approximate surface area is 151 Å². The van der Waals surface area contributed by atoms with Gasteiger partial charge < -0.3 is 20.1 Å². The van der Waals surface area contributed by atoms with Crippen LogP contribution in [0, 0.1) is 0 Å². The van der Waals surface area contributed by atoms with Gasteiger partial charge in [0.05, 0.1) is 13.7 Å². The summed E-state index contributed by atoms with van der Waals surface area (Å²) >= 11 is 0. The summed E-state index contributed by atoms with van der Waals surface area (Å²) in [6.45, 7) is 8.17. The van der Waals surface area contributed by atoms with Crippen LogP contribution in [0.3, 0.4) is 0 Å². The highest BCUT2D eigenvalue weighted by Crippen LogP contribution is 2.26. The molecule has 0 amide bonds. The second-order valence-electron chi connectivity index (χ2n) is 6.34. The Hall–Kier alpha value is -1.95. The number of hydrogen-bond donors (Lipinski definition) is 2. The number of likely N-dealkylation sites (tertiary alicyclic amines) is 1. The molecule has 6 heteroatoms. The molecule has 0 bridgehead atoms. The van der Waals surface area contributed by atoms with Gasteiger partial charge in [-0.2, -0.15) is 0 Å². The number of likely N-dealkylation sites (N-methyl/N-ethyl adjacent to an activating group) is 1. The summed E-state index contributed by atoms with van der Waals surface area (Å²) in [6.07, 6.45) is 2.54. The highest BCUT2D eigenvalue weighted by atomic mass is 16.5. The average molecular weight is 348 g/mol. The molecule has 25 heavy (non-hydrogen) atoms. The first kappa shape index (κ1) is 19.4. The molecule has 2 unspecified atom stereocenters. The zero-order chi connectivity index (χ0) is 18.1. The maximum atomic E-state index is 5.97. The molecule has 1 fully saturated rings. The molecule has 1 heterocycles. The topological polar surface area (TPSA) is 58.1 Å². The van der Waals surface area contributed by atoms with Crippen molar-refractivity contribution in [1.82, 2.24) is 15.5 Å². The molecule has 140 valence electrons. The van der Waals surface area contributed by atoms with Crippen molar-refractivity contribution in [2.45, 2.75) is 38.8 Å². The summed E-state index contributed by atoms with van der Waals surface area (Å²) in [7, 11) is 3.45. The van der Waals surface area contributed by atoms with Crippen molar-refractivity contribution in [3.8, 4) is 11.5 Å². The van der Waals surface area contributed by atoms with Crippen molar-refractivity contribution in [1.29, 1.82) is 0 Å². The molecule has 2 atom stereocenters. The van der Waals surface area contributed by atoms with Gasteiger partial charge in [0.15, 0.2) is 17.5 Å². The van der Waals surface area contributed by atoms with Crippen LogP contribution in [0.4, 0.5) is 0 Å². The fraction of sp³-hybridized carbons (Fsp3) is 0.632. The molecule has 1 aliphatic rings. The van der Waals surface area contributed by atoms with Crippen LogP contribution in [0.25, 0.3) is 0 Å². The van der Waals surface area contributed by atoms with E-state index in [2.05, 4.69) is 27.4 Å². The van der Waals surface area contributed by atoms with E-state index < -0.39 is 0 Å². The van der Waals surface area contributed by atoms with Crippen molar-refractivity contribution >= 4 is 5.96 Å². The predicted octanol–water partition coefficient (Wildman–Crippen LogP) is 2.11. The van der Waals surface area contributed by atoms with E-state index >= 15 is 0 Å². The number of guanidine groups is 1. The Morgan fingerprint density at radius 2 is 2.08 bits per heavy atom. The molecule has 1 aromatic rings. The summed E-state index contributed by atoms with van der Waals surface area (Å²) in [5.74, 6) is 2.32. The van der Waals surface area contributed by atoms with E-state index in [1.165, 1.54) is 19.4 Å². The van der Waals surface area contributed by atoms with Crippen molar-refractivity contribution in [2.75, 3.05) is 40.3 Å². The number of ether oxygens (including phenoxy) is 2. The van der Waals surface area contributed by atoms with E-state index in [1.54, 1.807) is 14.2 Å². The van der Waals surface area contributed by atoms with Gasteiger partial charge >= 0.3 is 0 Å². The summed E-state index contributed by atoms with van der Waals surface area (Å²) in [5.41, 5.74) is 0. The van der Waals surface area contributed by atoms with Gasteiger partial charge in [-0.25, -0.2) is 0 Å². The number of methoxy groups -OCH3 is 1. The van der Waals surface area contributed by atoms with E-state index in [4.69, 9.17) is 9.47 Å². The minimum Gasteiger partial charge on any atom is -0.493 e. The fourth-order valence-corrected chi connectivity index (χ4v) is 3.19. The van der Waals surface area contributed by atoms with Gasteiger partial charge in [-0.05, 0) is 45.0 Å². The lowest BCUT2D eigenvalue weighted by molar-refractivity contribution is 0.213. The molecule has 1 aromatic carbocycles. The van der Waals surface area contributed by atoms with E-state index in [9.17, 15) is 0 Å². The minimum atomic E-state index is -0.00605. The summed E-state index contributed by atoms with van der Waals surface area (Å²) < 4.78 is 11.3. The van der Waals surface area contributed by atoms with E-state index in [0.717, 1.165) is 30.5 Å². The van der Waals surface area contributed by atoms with Crippen LogP contribution in [-0.4, -0.2) is 63.3 Å². The molecule has 0 aromatic heterocycles. The highest BCUT2D eigenvalue weighted by molar-refractivity contribution is 5.79. The molecule has 0 spiro atoms. The van der Waals surface area contributed by atoms with Crippen LogP contribution < -0.4 is 20.1 Å². The second kappa shape index (κ2) is 10.1. The SMILES string of the molecule is CCN1CCCC1CNC(=NC)NCC(C)Oc1ccccc1OC. The first-order valence-corrected chi connectivity index (χ1v) is 9.16. The molecule has 2 N–H and O–H groups in total. The third-order valence-corrected chi connectivity index (χ3v) is 4.59. The fourth-order valence-electron chi connectivity index (χ4n) is 3.19. The monoisotopic (exact) mass is 348 g/mol. The van der Waals surface area contributed by atoms with Crippen LogP contribution in [0.5, 0.6) is 11.5 Å². The van der Waals surface area contributed by atoms with Gasteiger partial charge in [-0.15, -0.1) is 0 Å². The maximum absolute atomic E-state index is 5.97. The molecule has 1 saturated heterocycles. The van der Waals surface area contributed by atoms with Crippen LogP contribution in [0.2, 0.25) is 0 Å².